The first kappa shape index (κ1) is 23.0. The van der Waals surface area contributed by atoms with E-state index in [4.69, 9.17) is 23.2 Å². The first-order chi connectivity index (χ1) is 15.3. The number of fused-ring (bicyclic) bond motifs is 1. The lowest BCUT2D eigenvalue weighted by Gasteiger charge is -2.22. The van der Waals surface area contributed by atoms with E-state index in [-0.39, 0.29) is 22.4 Å². The van der Waals surface area contributed by atoms with Crippen molar-refractivity contribution in [1.29, 1.82) is 0 Å². The molecule has 2 saturated heterocycles. The Bertz CT molecular complexity index is 1020. The first-order valence-corrected chi connectivity index (χ1v) is 11.6. The van der Waals surface area contributed by atoms with E-state index in [1.807, 2.05) is 13.0 Å². The quantitative estimate of drug-likeness (QED) is 0.632. The minimum absolute atomic E-state index is 0.0287. The Balaban J connectivity index is 1.20. The summed E-state index contributed by atoms with van der Waals surface area (Å²) in [5, 5.41) is 3.51. The van der Waals surface area contributed by atoms with Crippen LogP contribution in [0.5, 0.6) is 0 Å². The van der Waals surface area contributed by atoms with E-state index >= 15 is 0 Å². The van der Waals surface area contributed by atoms with Crippen LogP contribution < -0.4 is 5.32 Å². The van der Waals surface area contributed by atoms with E-state index in [1.165, 1.54) is 12.1 Å². The van der Waals surface area contributed by atoms with Crippen LogP contribution in [0.3, 0.4) is 0 Å². The summed E-state index contributed by atoms with van der Waals surface area (Å²) in [5.74, 6) is -0.263. The number of nitrogens with one attached hydrogen (secondary N) is 1. The highest BCUT2D eigenvalue weighted by Crippen LogP contribution is 2.32. The zero-order chi connectivity index (χ0) is 22.8. The number of rotatable bonds is 6. The standard InChI is InChI=1S/C24H26Cl2FN3O2/c1-15-6-7-16(10-21(15)26)23(31)28-8-3-9-29-11-17-13-30(14-18(17)12-29)24(32)19-4-2-5-20(25)22(19)27/h2,4-7,10,17-18H,3,8-9,11-14H2,1H3,(H,28,31). The van der Waals surface area contributed by atoms with Crippen LogP contribution in [0.1, 0.15) is 32.7 Å². The average molecular weight is 478 g/mol. The van der Waals surface area contributed by atoms with Crippen molar-refractivity contribution in [2.75, 3.05) is 39.3 Å². The van der Waals surface area contributed by atoms with Gasteiger partial charge in [-0.2, -0.15) is 0 Å². The Morgan fingerprint density at radius 1 is 1.06 bits per heavy atom. The number of benzene rings is 2. The third-order valence-corrected chi connectivity index (χ3v) is 7.10. The highest BCUT2D eigenvalue weighted by Gasteiger charge is 2.41. The van der Waals surface area contributed by atoms with E-state index in [9.17, 15) is 14.0 Å². The highest BCUT2D eigenvalue weighted by atomic mass is 35.5. The molecule has 8 heteroatoms. The Labute approximate surface area is 197 Å². The van der Waals surface area contributed by atoms with E-state index in [0.29, 0.717) is 42.1 Å². The van der Waals surface area contributed by atoms with Crippen molar-refractivity contribution in [3.63, 3.8) is 0 Å². The fourth-order valence-corrected chi connectivity index (χ4v) is 4.97. The van der Waals surface area contributed by atoms with E-state index in [1.54, 1.807) is 23.1 Å². The van der Waals surface area contributed by atoms with Gasteiger partial charge >= 0.3 is 0 Å². The molecule has 2 heterocycles. The van der Waals surface area contributed by atoms with Gasteiger partial charge in [-0.15, -0.1) is 0 Å². The molecule has 2 amide bonds. The van der Waals surface area contributed by atoms with Gasteiger partial charge in [-0.1, -0.05) is 35.3 Å². The zero-order valence-electron chi connectivity index (χ0n) is 17.9. The number of amides is 2. The van der Waals surface area contributed by atoms with Crippen LogP contribution in [0.2, 0.25) is 10.0 Å². The predicted molar refractivity (Wildman–Crippen MR) is 124 cm³/mol. The van der Waals surface area contributed by atoms with Crippen molar-refractivity contribution >= 4 is 35.0 Å². The molecule has 2 unspecified atom stereocenters. The van der Waals surface area contributed by atoms with Crippen LogP contribution in [0.15, 0.2) is 36.4 Å². The molecule has 5 nitrogen and oxygen atoms in total. The molecular weight excluding hydrogens is 452 g/mol. The number of halogens is 3. The predicted octanol–water partition coefficient (Wildman–Crippen LogP) is 4.26. The van der Waals surface area contributed by atoms with Gasteiger partial charge < -0.3 is 15.1 Å². The lowest BCUT2D eigenvalue weighted by atomic mass is 10.0. The number of hydrogen-bond donors (Lipinski definition) is 1. The van der Waals surface area contributed by atoms with Gasteiger partial charge in [0.2, 0.25) is 0 Å². The summed E-state index contributed by atoms with van der Waals surface area (Å²) in [7, 11) is 0. The molecule has 0 spiro atoms. The molecule has 0 saturated carbocycles. The third-order valence-electron chi connectivity index (χ3n) is 6.40. The number of nitrogens with zero attached hydrogens (tertiary/aromatic N) is 2. The summed E-state index contributed by atoms with van der Waals surface area (Å²) >= 11 is 11.9. The van der Waals surface area contributed by atoms with Crippen LogP contribution >= 0.6 is 23.2 Å². The van der Waals surface area contributed by atoms with Gasteiger partial charge in [-0.25, -0.2) is 4.39 Å². The smallest absolute Gasteiger partial charge is 0.256 e. The lowest BCUT2D eigenvalue weighted by Crippen LogP contribution is -2.34. The zero-order valence-corrected chi connectivity index (χ0v) is 19.4. The topological polar surface area (TPSA) is 52.7 Å². The van der Waals surface area contributed by atoms with Crippen molar-refractivity contribution in [3.8, 4) is 0 Å². The van der Waals surface area contributed by atoms with Crippen LogP contribution in [0.25, 0.3) is 0 Å². The molecule has 32 heavy (non-hydrogen) atoms. The van der Waals surface area contributed by atoms with Crippen molar-refractivity contribution < 1.29 is 14.0 Å². The summed E-state index contributed by atoms with van der Waals surface area (Å²) in [5.41, 5.74) is 1.55. The van der Waals surface area contributed by atoms with Gasteiger partial charge in [0.05, 0.1) is 10.6 Å². The fraction of sp³-hybridized carbons (Fsp3) is 0.417. The second-order valence-electron chi connectivity index (χ2n) is 8.66. The molecule has 2 aliphatic heterocycles. The monoisotopic (exact) mass is 477 g/mol. The number of carbonyl (C=O) groups excluding carboxylic acids is 2. The van der Waals surface area contributed by atoms with Gasteiger partial charge in [-0.05, 0) is 61.6 Å². The Hall–Kier alpha value is -2.15. The van der Waals surface area contributed by atoms with Gasteiger partial charge in [0, 0.05) is 43.3 Å². The highest BCUT2D eigenvalue weighted by molar-refractivity contribution is 6.31. The normalized spacial score (nSPS) is 20.4. The molecule has 2 fully saturated rings. The van der Waals surface area contributed by atoms with Crippen molar-refractivity contribution in [2.24, 2.45) is 11.8 Å². The molecule has 4 rings (SSSR count). The maximum absolute atomic E-state index is 14.2. The summed E-state index contributed by atoms with van der Waals surface area (Å²) in [6.07, 6.45) is 0.848. The molecule has 170 valence electrons. The Kier molecular flexibility index (Phi) is 7.03. The lowest BCUT2D eigenvalue weighted by molar-refractivity contribution is 0.0769. The maximum atomic E-state index is 14.2. The van der Waals surface area contributed by atoms with Crippen LogP contribution in [0, 0.1) is 24.6 Å². The summed E-state index contributed by atoms with van der Waals surface area (Å²) < 4.78 is 14.2. The van der Waals surface area contributed by atoms with Crippen LogP contribution in [0.4, 0.5) is 4.39 Å². The number of likely N-dealkylation sites (tertiary alicyclic amines) is 2. The summed E-state index contributed by atoms with van der Waals surface area (Å²) in [4.78, 5) is 29.1. The number of hydrogen-bond acceptors (Lipinski definition) is 3. The minimum Gasteiger partial charge on any atom is -0.352 e. The molecule has 0 aliphatic carbocycles. The van der Waals surface area contributed by atoms with E-state index in [0.717, 1.165) is 31.6 Å². The SMILES string of the molecule is Cc1ccc(C(=O)NCCCN2CC3CN(C(=O)c4cccc(Cl)c4F)CC3C2)cc1Cl. The second kappa shape index (κ2) is 9.77. The van der Waals surface area contributed by atoms with Crippen molar-refractivity contribution in [1.82, 2.24) is 15.1 Å². The molecular formula is C24H26Cl2FN3O2. The van der Waals surface area contributed by atoms with Crippen molar-refractivity contribution in [2.45, 2.75) is 13.3 Å². The third kappa shape index (κ3) is 4.92. The molecule has 0 aromatic heterocycles. The largest absolute Gasteiger partial charge is 0.352 e. The van der Waals surface area contributed by atoms with Gasteiger partial charge in [0.25, 0.3) is 11.8 Å². The molecule has 2 atom stereocenters. The van der Waals surface area contributed by atoms with Crippen LogP contribution in [-0.4, -0.2) is 60.9 Å². The fourth-order valence-electron chi connectivity index (χ4n) is 4.62. The van der Waals surface area contributed by atoms with E-state index in [2.05, 4.69) is 10.2 Å². The van der Waals surface area contributed by atoms with Gasteiger partial charge in [0.15, 0.2) is 5.82 Å². The molecule has 2 aliphatic rings. The summed E-state index contributed by atoms with van der Waals surface area (Å²) in [6.45, 7) is 6.48. The first-order valence-electron chi connectivity index (χ1n) is 10.8. The number of aryl methyl sites for hydroxylation is 1. The number of carbonyl (C=O) groups is 2. The molecule has 2 aromatic carbocycles. The molecule has 0 bridgehead atoms. The molecule has 0 radical (unpaired) electrons. The molecule has 2 aromatic rings. The average Bonchev–Trinajstić information content (AvgIpc) is 3.33. The summed E-state index contributed by atoms with van der Waals surface area (Å²) in [6, 6.07) is 9.85. The Morgan fingerprint density at radius 2 is 1.78 bits per heavy atom. The van der Waals surface area contributed by atoms with E-state index < -0.39 is 5.82 Å². The minimum atomic E-state index is -0.646. The Morgan fingerprint density at radius 3 is 2.47 bits per heavy atom. The second-order valence-corrected chi connectivity index (χ2v) is 9.48. The molecule has 1 N–H and O–H groups in total. The van der Waals surface area contributed by atoms with Crippen molar-refractivity contribution in [3.05, 3.63) is 69.0 Å². The van der Waals surface area contributed by atoms with Gasteiger partial charge in [-0.3, -0.25) is 9.59 Å². The van der Waals surface area contributed by atoms with Gasteiger partial charge in [0.1, 0.15) is 0 Å². The maximum Gasteiger partial charge on any atom is 0.256 e. The van der Waals surface area contributed by atoms with Crippen LogP contribution in [-0.2, 0) is 0 Å².